The van der Waals surface area contributed by atoms with Gasteiger partial charge in [0.25, 0.3) is 0 Å². The lowest BCUT2D eigenvalue weighted by molar-refractivity contribution is 0.276. The maximum Gasteiger partial charge on any atom is 0.399 e. The Morgan fingerprint density at radius 1 is 1.50 bits per heavy atom. The van der Waals surface area contributed by atoms with E-state index in [0.717, 1.165) is 0 Å². The van der Waals surface area contributed by atoms with Crippen molar-refractivity contribution >= 4 is 15.9 Å². The van der Waals surface area contributed by atoms with Crippen LogP contribution >= 0.6 is 15.9 Å². The molecule has 0 spiro atoms. The molecule has 2 rings (SSSR count). The van der Waals surface area contributed by atoms with Crippen LogP contribution in [-0.4, -0.2) is 10.1 Å². The van der Waals surface area contributed by atoms with Crippen molar-refractivity contribution in [1.29, 1.82) is 0 Å². The number of aliphatic hydroxyl groups is 1. The van der Waals surface area contributed by atoms with Gasteiger partial charge in [-0.2, -0.15) is 4.98 Å². The van der Waals surface area contributed by atoms with Gasteiger partial charge in [-0.15, -0.1) is 0 Å². The highest BCUT2D eigenvalue weighted by atomic mass is 79.9. The summed E-state index contributed by atoms with van der Waals surface area (Å²) in [5.41, 5.74) is 0.350. The summed E-state index contributed by atoms with van der Waals surface area (Å²) in [5, 5.41) is 8.77. The summed E-state index contributed by atoms with van der Waals surface area (Å²) in [6.45, 7) is -0.239. The number of benzene rings is 1. The van der Waals surface area contributed by atoms with Gasteiger partial charge in [-0.05, 0) is 28.1 Å². The number of hydrogen-bond donors (Lipinski definition) is 1. The summed E-state index contributed by atoms with van der Waals surface area (Å²) >= 11 is 3.20. The monoisotopic (exact) mass is 287 g/mol. The van der Waals surface area contributed by atoms with Crippen molar-refractivity contribution in [2.75, 3.05) is 0 Å². The molecule has 1 heterocycles. The molecule has 4 nitrogen and oxygen atoms in total. The van der Waals surface area contributed by atoms with Crippen LogP contribution in [0.4, 0.5) is 4.39 Å². The van der Waals surface area contributed by atoms with E-state index >= 15 is 0 Å². The Labute approximate surface area is 98.8 Å². The van der Waals surface area contributed by atoms with Gasteiger partial charge in [0, 0.05) is 6.07 Å². The van der Waals surface area contributed by atoms with E-state index in [-0.39, 0.29) is 18.4 Å². The molecule has 1 N–H and O–H groups in total. The maximum atomic E-state index is 12.9. The van der Waals surface area contributed by atoms with Gasteiger partial charge in [0.15, 0.2) is 0 Å². The molecule has 16 heavy (non-hydrogen) atoms. The lowest BCUT2D eigenvalue weighted by Crippen LogP contribution is -1.88. The Kier molecular flexibility index (Phi) is 3.21. The molecule has 2 aromatic rings. The van der Waals surface area contributed by atoms with Crippen molar-refractivity contribution in [2.45, 2.75) is 6.61 Å². The molecule has 0 aliphatic rings. The topological polar surface area (TPSA) is 55.5 Å². The molecule has 0 aliphatic heterocycles. The molecule has 0 aliphatic carbocycles. The first-order valence-electron chi connectivity index (χ1n) is 4.37. The quantitative estimate of drug-likeness (QED) is 0.943. The SMILES string of the molecule is OCc1coc(Oc2cc(F)ccc2Br)n1. The van der Waals surface area contributed by atoms with E-state index in [0.29, 0.717) is 10.2 Å². The Hall–Kier alpha value is -1.40. The van der Waals surface area contributed by atoms with E-state index in [1.165, 1.54) is 24.5 Å². The summed E-state index contributed by atoms with van der Waals surface area (Å²) in [7, 11) is 0. The fraction of sp³-hybridized carbons (Fsp3) is 0.100. The van der Waals surface area contributed by atoms with Crippen molar-refractivity contribution in [3.8, 4) is 11.8 Å². The van der Waals surface area contributed by atoms with E-state index in [2.05, 4.69) is 20.9 Å². The zero-order chi connectivity index (χ0) is 11.5. The highest BCUT2D eigenvalue weighted by Crippen LogP contribution is 2.29. The highest BCUT2D eigenvalue weighted by Gasteiger charge is 2.09. The average Bonchev–Trinajstić information content (AvgIpc) is 2.71. The molecular weight excluding hydrogens is 281 g/mol. The van der Waals surface area contributed by atoms with E-state index in [1.807, 2.05) is 0 Å². The minimum absolute atomic E-state index is 0.0460. The molecular formula is C10H7BrFNO3. The second-order valence-electron chi connectivity index (χ2n) is 2.94. The van der Waals surface area contributed by atoms with Crippen LogP contribution in [0.3, 0.4) is 0 Å². The molecule has 0 bridgehead atoms. The van der Waals surface area contributed by atoms with Crippen LogP contribution in [-0.2, 0) is 6.61 Å². The van der Waals surface area contributed by atoms with Crippen molar-refractivity contribution in [3.05, 3.63) is 40.4 Å². The van der Waals surface area contributed by atoms with E-state index in [9.17, 15) is 4.39 Å². The number of ether oxygens (including phenoxy) is 1. The van der Waals surface area contributed by atoms with Gasteiger partial charge in [-0.1, -0.05) is 0 Å². The maximum absolute atomic E-state index is 12.9. The minimum Gasteiger partial charge on any atom is -0.417 e. The van der Waals surface area contributed by atoms with E-state index in [1.54, 1.807) is 0 Å². The van der Waals surface area contributed by atoms with Gasteiger partial charge in [0.05, 0.1) is 11.1 Å². The van der Waals surface area contributed by atoms with E-state index in [4.69, 9.17) is 14.3 Å². The Balaban J connectivity index is 2.22. The number of hydrogen-bond acceptors (Lipinski definition) is 4. The molecule has 1 aromatic heterocycles. The number of nitrogens with zero attached hydrogens (tertiary/aromatic N) is 1. The fourth-order valence-corrected chi connectivity index (χ4v) is 1.38. The molecule has 0 saturated carbocycles. The van der Waals surface area contributed by atoms with Gasteiger partial charge in [0.1, 0.15) is 23.5 Å². The van der Waals surface area contributed by atoms with Crippen molar-refractivity contribution in [1.82, 2.24) is 4.98 Å². The molecule has 0 radical (unpaired) electrons. The molecule has 0 fully saturated rings. The highest BCUT2D eigenvalue weighted by molar-refractivity contribution is 9.10. The van der Waals surface area contributed by atoms with Crippen LogP contribution in [0, 0.1) is 5.82 Å². The van der Waals surface area contributed by atoms with Gasteiger partial charge in [0.2, 0.25) is 0 Å². The number of aliphatic hydroxyl groups excluding tert-OH is 1. The molecule has 0 amide bonds. The second-order valence-corrected chi connectivity index (χ2v) is 3.79. The standard InChI is InChI=1S/C10H7BrFNO3/c11-8-2-1-6(12)3-9(8)16-10-13-7(4-14)5-15-10/h1-3,5,14H,4H2. The first kappa shape index (κ1) is 11.1. The van der Waals surface area contributed by atoms with Crippen LogP contribution in [0.25, 0.3) is 0 Å². The normalized spacial score (nSPS) is 10.4. The lowest BCUT2D eigenvalue weighted by Gasteiger charge is -2.02. The molecule has 0 saturated heterocycles. The number of halogens is 2. The summed E-state index contributed by atoms with van der Waals surface area (Å²) in [6.07, 6.45) is 1.22. The smallest absolute Gasteiger partial charge is 0.399 e. The predicted molar refractivity (Wildman–Crippen MR) is 56.6 cm³/mol. The third-order valence-corrected chi connectivity index (χ3v) is 2.44. The van der Waals surface area contributed by atoms with Gasteiger partial charge < -0.3 is 14.3 Å². The van der Waals surface area contributed by atoms with Gasteiger partial charge in [-0.25, -0.2) is 4.39 Å². The summed E-state index contributed by atoms with van der Waals surface area (Å²) in [5.74, 6) is -0.168. The zero-order valence-corrected chi connectivity index (χ0v) is 9.57. The fourth-order valence-electron chi connectivity index (χ4n) is 1.06. The van der Waals surface area contributed by atoms with Gasteiger partial charge in [-0.3, -0.25) is 0 Å². The number of aromatic nitrogens is 1. The van der Waals surface area contributed by atoms with Crippen molar-refractivity contribution < 1.29 is 18.7 Å². The van der Waals surface area contributed by atoms with Crippen molar-refractivity contribution in [2.24, 2.45) is 0 Å². The third kappa shape index (κ3) is 2.40. The third-order valence-electron chi connectivity index (χ3n) is 1.78. The molecule has 0 atom stereocenters. The average molecular weight is 288 g/mol. The van der Waals surface area contributed by atoms with Crippen LogP contribution in [0.5, 0.6) is 11.8 Å². The largest absolute Gasteiger partial charge is 0.417 e. The molecule has 84 valence electrons. The second kappa shape index (κ2) is 4.63. The Morgan fingerprint density at radius 3 is 3.00 bits per heavy atom. The first-order chi connectivity index (χ1) is 7.69. The predicted octanol–water partition coefficient (Wildman–Crippen LogP) is 2.86. The van der Waals surface area contributed by atoms with E-state index < -0.39 is 5.82 Å². The zero-order valence-electron chi connectivity index (χ0n) is 7.98. The number of rotatable bonds is 3. The van der Waals surface area contributed by atoms with Crippen LogP contribution in [0.15, 0.2) is 33.4 Å². The van der Waals surface area contributed by atoms with Gasteiger partial charge >= 0.3 is 6.08 Å². The molecule has 1 aromatic carbocycles. The van der Waals surface area contributed by atoms with Crippen LogP contribution in [0.1, 0.15) is 5.69 Å². The summed E-state index contributed by atoms with van der Waals surface area (Å²) in [4.78, 5) is 3.81. The first-order valence-corrected chi connectivity index (χ1v) is 5.16. The molecule has 6 heteroatoms. The molecule has 0 unspecified atom stereocenters. The van der Waals surface area contributed by atoms with Crippen molar-refractivity contribution in [3.63, 3.8) is 0 Å². The van der Waals surface area contributed by atoms with Crippen LogP contribution < -0.4 is 4.74 Å². The number of oxazole rings is 1. The summed E-state index contributed by atoms with van der Waals surface area (Å²) < 4.78 is 23.6. The minimum atomic E-state index is -0.424. The Bertz CT molecular complexity index is 501. The van der Waals surface area contributed by atoms with Crippen LogP contribution in [0.2, 0.25) is 0 Å². The summed E-state index contributed by atoms with van der Waals surface area (Å²) in [6, 6.07) is 4.01. The lowest BCUT2D eigenvalue weighted by atomic mass is 10.3. The Morgan fingerprint density at radius 2 is 2.31 bits per heavy atom.